The molecule has 10 rings (SSSR count). The lowest BCUT2D eigenvalue weighted by Crippen LogP contribution is -2.10. The van der Waals surface area contributed by atoms with Gasteiger partial charge < -0.3 is 13.7 Å². The van der Waals surface area contributed by atoms with Gasteiger partial charge in [-0.15, -0.1) is 0 Å². The van der Waals surface area contributed by atoms with E-state index in [-0.39, 0.29) is 27.6 Å². The van der Waals surface area contributed by atoms with Gasteiger partial charge in [-0.05, 0) is 88.2 Å². The first kappa shape index (κ1) is 18.7. The van der Waals surface area contributed by atoms with Crippen molar-refractivity contribution in [1.29, 1.82) is 0 Å². The molecule has 0 aliphatic carbocycles. The van der Waals surface area contributed by atoms with E-state index in [9.17, 15) is 6.85 Å². The molecule has 0 radical (unpaired) electrons. The van der Waals surface area contributed by atoms with Crippen LogP contribution in [0.4, 0.5) is 17.1 Å². The summed E-state index contributed by atoms with van der Waals surface area (Å²) in [6.07, 6.45) is 0. The average molecular weight is 639 g/mol. The van der Waals surface area contributed by atoms with Crippen molar-refractivity contribution in [1.82, 2.24) is 0 Å². The molecule has 10 aromatic rings. The second-order valence-corrected chi connectivity index (χ2v) is 11.7. The van der Waals surface area contributed by atoms with Crippen molar-refractivity contribution in [2.75, 3.05) is 4.90 Å². The van der Waals surface area contributed by atoms with Gasteiger partial charge in [0.15, 0.2) is 0 Å². The molecule has 2 heterocycles. The van der Waals surface area contributed by atoms with Crippen LogP contribution in [0.5, 0.6) is 0 Å². The minimum atomic E-state index is -0.621. The monoisotopic (exact) mass is 638 g/mol. The predicted octanol–water partition coefficient (Wildman–Crippen LogP) is 13.4. The molecule has 0 atom stereocenters. The smallest absolute Gasteiger partial charge is 0.143 e. The minimum Gasteiger partial charge on any atom is -0.456 e. The standard InChI is InChI=1S/C46H29NO2/c1-2-10-30(11-3-1)33-13-8-14-36(28-33)47(41-17-9-19-44-45(41)39-26-22-32-12-4-5-15-37(32)46(39)49-44)35-24-20-31(21-25-35)34-23-27-43-40(29-34)38-16-6-7-18-42(38)48-43/h1-29H/i6D,7D,16D,18D,20D,21D,23D,24D,25D,27D,29D. The van der Waals surface area contributed by atoms with Crippen LogP contribution in [-0.2, 0) is 0 Å². The Balaban J connectivity index is 1.28. The lowest BCUT2D eigenvalue weighted by molar-refractivity contribution is 0.669. The molecule has 0 N–H and O–H groups in total. The van der Waals surface area contributed by atoms with Crippen molar-refractivity contribution in [3.05, 3.63) is 176 Å². The van der Waals surface area contributed by atoms with Crippen LogP contribution in [0.25, 0.3) is 76.9 Å². The Morgan fingerprint density at radius 3 is 2.14 bits per heavy atom. The highest BCUT2D eigenvalue weighted by Crippen LogP contribution is 2.45. The van der Waals surface area contributed by atoms with Crippen molar-refractivity contribution in [2.45, 2.75) is 0 Å². The first-order chi connectivity index (χ1) is 28.9. The molecular weight excluding hydrogens is 599 g/mol. The summed E-state index contributed by atoms with van der Waals surface area (Å²) in [5, 5.41) is 2.95. The fraction of sp³-hybridized carbons (Fsp3) is 0. The maximum atomic E-state index is 9.64. The zero-order valence-corrected chi connectivity index (χ0v) is 25.7. The lowest BCUT2D eigenvalue weighted by Gasteiger charge is -2.27. The minimum absolute atomic E-state index is 0.116. The number of hydrogen-bond donors (Lipinski definition) is 0. The fourth-order valence-corrected chi connectivity index (χ4v) is 6.54. The SMILES string of the molecule is [2H]c1c([2H])c(N(c2cccc(-c3ccccc3)c2)c2cccc3oc4c5ccccc5ccc4c23)c([2H])c([2H])c1-c1c([2H])c([2H])c2oc3c([2H])c([2H])c([2H])c([2H])c3c2c1[2H]. The molecule has 0 aliphatic heterocycles. The zero-order chi connectivity index (χ0) is 41.9. The molecule has 0 saturated heterocycles. The highest BCUT2D eigenvalue weighted by atomic mass is 16.3. The largest absolute Gasteiger partial charge is 0.456 e. The molecule has 8 aromatic carbocycles. The van der Waals surface area contributed by atoms with Crippen molar-refractivity contribution in [2.24, 2.45) is 0 Å². The van der Waals surface area contributed by atoms with E-state index in [0.29, 0.717) is 27.9 Å². The number of para-hydroxylation sites is 1. The molecule has 0 bridgehead atoms. The van der Waals surface area contributed by atoms with Crippen molar-refractivity contribution < 1.29 is 23.9 Å². The van der Waals surface area contributed by atoms with Crippen molar-refractivity contribution >= 4 is 71.7 Å². The van der Waals surface area contributed by atoms with Crippen LogP contribution in [0.3, 0.4) is 0 Å². The second-order valence-electron chi connectivity index (χ2n) is 11.7. The van der Waals surface area contributed by atoms with E-state index < -0.39 is 77.6 Å². The summed E-state index contributed by atoms with van der Waals surface area (Å²) < 4.78 is 111. The highest BCUT2D eigenvalue weighted by Gasteiger charge is 2.21. The van der Waals surface area contributed by atoms with Gasteiger partial charge in [0.1, 0.15) is 22.3 Å². The molecule has 230 valence electrons. The van der Waals surface area contributed by atoms with Crippen molar-refractivity contribution in [3.8, 4) is 22.3 Å². The summed E-state index contributed by atoms with van der Waals surface area (Å²) in [5.41, 5.74) is 2.41. The van der Waals surface area contributed by atoms with Gasteiger partial charge in [-0.1, -0.05) is 115 Å². The second kappa shape index (κ2) is 11.0. The molecule has 0 spiro atoms. The molecule has 3 heteroatoms. The van der Waals surface area contributed by atoms with E-state index in [2.05, 4.69) is 0 Å². The van der Waals surface area contributed by atoms with Crippen LogP contribution in [-0.4, -0.2) is 0 Å². The molecule has 2 aromatic heterocycles. The zero-order valence-electron chi connectivity index (χ0n) is 36.7. The number of fused-ring (bicyclic) bond motifs is 8. The van der Waals surface area contributed by atoms with Gasteiger partial charge in [0.2, 0.25) is 0 Å². The van der Waals surface area contributed by atoms with E-state index in [4.69, 9.17) is 17.1 Å². The lowest BCUT2D eigenvalue weighted by atomic mass is 10.0. The first-order valence-electron chi connectivity index (χ1n) is 21.2. The number of benzene rings is 8. The van der Waals surface area contributed by atoms with E-state index in [1.165, 1.54) is 0 Å². The number of hydrogen-bond acceptors (Lipinski definition) is 3. The van der Waals surface area contributed by atoms with Crippen LogP contribution in [0.2, 0.25) is 0 Å². The Labute approximate surface area is 298 Å². The van der Waals surface area contributed by atoms with E-state index in [1.54, 1.807) is 11.0 Å². The molecule has 0 amide bonds. The normalized spacial score (nSPS) is 14.8. The van der Waals surface area contributed by atoms with Gasteiger partial charge in [-0.25, -0.2) is 0 Å². The molecule has 0 aliphatic rings. The van der Waals surface area contributed by atoms with Crippen LogP contribution < -0.4 is 4.90 Å². The van der Waals surface area contributed by atoms with Crippen LogP contribution in [0, 0.1) is 0 Å². The first-order valence-corrected chi connectivity index (χ1v) is 15.7. The fourth-order valence-electron chi connectivity index (χ4n) is 6.54. The van der Waals surface area contributed by atoms with Crippen molar-refractivity contribution in [3.63, 3.8) is 0 Å². The molecule has 3 nitrogen and oxygen atoms in total. The number of furan rings is 2. The van der Waals surface area contributed by atoms with Crippen LogP contribution in [0.15, 0.2) is 184 Å². The highest BCUT2D eigenvalue weighted by molar-refractivity contribution is 6.19. The molecule has 0 saturated carbocycles. The molecule has 0 fully saturated rings. The van der Waals surface area contributed by atoms with Gasteiger partial charge in [0, 0.05) is 32.9 Å². The Hall–Kier alpha value is -6.58. The van der Waals surface area contributed by atoms with E-state index >= 15 is 0 Å². The Morgan fingerprint density at radius 1 is 0.449 bits per heavy atom. The summed E-state index contributed by atoms with van der Waals surface area (Å²) in [6, 6.07) is 28.4. The third-order valence-corrected chi connectivity index (χ3v) is 8.79. The molecular formula is C46H29NO2. The predicted molar refractivity (Wildman–Crippen MR) is 204 cm³/mol. The van der Waals surface area contributed by atoms with Crippen LogP contribution >= 0.6 is 0 Å². The summed E-state index contributed by atoms with van der Waals surface area (Å²) in [6.45, 7) is 0. The van der Waals surface area contributed by atoms with Crippen LogP contribution in [0.1, 0.15) is 15.1 Å². The maximum Gasteiger partial charge on any atom is 0.143 e. The Kier molecular flexibility index (Phi) is 4.19. The van der Waals surface area contributed by atoms with Gasteiger partial charge in [-0.2, -0.15) is 0 Å². The third-order valence-electron chi connectivity index (χ3n) is 8.79. The average Bonchev–Trinajstić information content (AvgIpc) is 3.87. The summed E-state index contributed by atoms with van der Waals surface area (Å²) in [7, 11) is 0. The van der Waals surface area contributed by atoms with Gasteiger partial charge >= 0.3 is 0 Å². The van der Waals surface area contributed by atoms with Gasteiger partial charge in [0.05, 0.1) is 26.2 Å². The maximum absolute atomic E-state index is 9.64. The quantitative estimate of drug-likeness (QED) is 0.188. The summed E-state index contributed by atoms with van der Waals surface area (Å²) in [4.78, 5) is 1.67. The van der Waals surface area contributed by atoms with Gasteiger partial charge in [0.25, 0.3) is 0 Å². The number of nitrogens with zero attached hydrogens (tertiary/aromatic N) is 1. The summed E-state index contributed by atoms with van der Waals surface area (Å²) in [5.74, 6) is 0. The third kappa shape index (κ3) is 4.51. The Morgan fingerprint density at radius 2 is 1.22 bits per heavy atom. The molecule has 49 heavy (non-hydrogen) atoms. The van der Waals surface area contributed by atoms with E-state index in [1.807, 2.05) is 103 Å². The Bertz CT molecular complexity index is 3440. The summed E-state index contributed by atoms with van der Waals surface area (Å²) >= 11 is 0. The topological polar surface area (TPSA) is 29.5 Å². The number of rotatable bonds is 5. The van der Waals surface area contributed by atoms with Gasteiger partial charge in [-0.3, -0.25) is 0 Å². The molecule has 0 unspecified atom stereocenters. The van der Waals surface area contributed by atoms with E-state index in [0.717, 1.165) is 27.3 Å². The number of anilines is 3.